The fraction of sp³-hybridized carbons (Fsp3) is 0. The molecule has 0 fully saturated rings. The van der Waals surface area contributed by atoms with E-state index in [1.807, 2.05) is 30.3 Å². The van der Waals surface area contributed by atoms with Crippen LogP contribution in [0, 0.1) is 10.1 Å². The molecule has 0 aliphatic heterocycles. The standard InChI is InChI=1S/C21H14N4O5S2/c26-21(32(29,30)16-8-6-14(7-9-16)25(27)28)19-12-18(23-24-19)17-13-22-11-10-20(17)31-15-4-2-1-3-5-15/h1-13H,(H,23,24). The number of nitro groups is 1. The number of rotatable bonds is 6. The minimum absolute atomic E-state index is 0.224. The van der Waals surface area contributed by atoms with Crippen LogP contribution < -0.4 is 0 Å². The first-order valence-electron chi connectivity index (χ1n) is 9.13. The molecule has 2 heterocycles. The van der Waals surface area contributed by atoms with E-state index in [1.54, 1.807) is 18.5 Å². The Balaban J connectivity index is 1.63. The number of hydrogen-bond donors (Lipinski definition) is 1. The Bertz CT molecular complexity index is 1400. The molecule has 0 aliphatic rings. The van der Waals surface area contributed by atoms with Crippen molar-refractivity contribution in [3.8, 4) is 11.3 Å². The maximum Gasteiger partial charge on any atom is 0.299 e. The van der Waals surface area contributed by atoms with E-state index in [2.05, 4.69) is 15.2 Å². The lowest BCUT2D eigenvalue weighted by Crippen LogP contribution is -2.15. The number of carbonyl (C=O) groups is 1. The molecule has 11 heteroatoms. The summed E-state index contributed by atoms with van der Waals surface area (Å²) >= 11 is 1.48. The van der Waals surface area contributed by atoms with Crippen LogP contribution in [0.5, 0.6) is 0 Å². The van der Waals surface area contributed by atoms with Crippen LogP contribution in [-0.4, -0.2) is 33.6 Å². The van der Waals surface area contributed by atoms with E-state index >= 15 is 0 Å². The number of aromatic amines is 1. The second-order valence-electron chi connectivity index (χ2n) is 6.50. The van der Waals surface area contributed by atoms with Crippen LogP contribution in [0.25, 0.3) is 11.3 Å². The Morgan fingerprint density at radius 3 is 2.44 bits per heavy atom. The fourth-order valence-electron chi connectivity index (χ4n) is 2.84. The molecule has 160 valence electrons. The Morgan fingerprint density at radius 1 is 1.03 bits per heavy atom. The number of sulfone groups is 1. The molecule has 1 N–H and O–H groups in total. The second-order valence-corrected chi connectivity index (χ2v) is 9.46. The van der Waals surface area contributed by atoms with Crippen LogP contribution in [-0.2, 0) is 9.84 Å². The number of aromatic nitrogens is 3. The van der Waals surface area contributed by atoms with Gasteiger partial charge in [0.15, 0.2) is 0 Å². The van der Waals surface area contributed by atoms with Crippen molar-refractivity contribution >= 4 is 32.4 Å². The average molecular weight is 467 g/mol. The van der Waals surface area contributed by atoms with Gasteiger partial charge in [-0.3, -0.25) is 25.0 Å². The van der Waals surface area contributed by atoms with Crippen molar-refractivity contribution in [2.75, 3.05) is 0 Å². The molecule has 0 amide bonds. The highest BCUT2D eigenvalue weighted by Gasteiger charge is 2.29. The number of benzene rings is 2. The lowest BCUT2D eigenvalue weighted by atomic mass is 10.2. The van der Waals surface area contributed by atoms with Crippen molar-refractivity contribution in [2.45, 2.75) is 14.7 Å². The number of non-ortho nitro benzene ring substituents is 1. The zero-order valence-corrected chi connectivity index (χ0v) is 17.8. The monoisotopic (exact) mass is 466 g/mol. The van der Waals surface area contributed by atoms with Gasteiger partial charge in [0, 0.05) is 39.9 Å². The van der Waals surface area contributed by atoms with Crippen LogP contribution in [0.4, 0.5) is 5.69 Å². The summed E-state index contributed by atoms with van der Waals surface area (Å²) in [7, 11) is -4.42. The van der Waals surface area contributed by atoms with Gasteiger partial charge in [-0.15, -0.1) is 0 Å². The van der Waals surface area contributed by atoms with Gasteiger partial charge in [0.1, 0.15) is 5.69 Å². The summed E-state index contributed by atoms with van der Waals surface area (Å²) in [4.78, 5) is 28.4. The van der Waals surface area contributed by atoms with Gasteiger partial charge >= 0.3 is 0 Å². The molecule has 32 heavy (non-hydrogen) atoms. The lowest BCUT2D eigenvalue weighted by Gasteiger charge is -2.06. The predicted octanol–water partition coefficient (Wildman–Crippen LogP) is 4.15. The summed E-state index contributed by atoms with van der Waals surface area (Å²) in [6, 6.07) is 16.9. The molecule has 2 aromatic carbocycles. The molecular weight excluding hydrogens is 452 g/mol. The summed E-state index contributed by atoms with van der Waals surface area (Å²) in [5, 5.41) is 16.2. The molecule has 0 bridgehead atoms. The predicted molar refractivity (Wildman–Crippen MR) is 117 cm³/mol. The molecule has 4 rings (SSSR count). The van der Waals surface area contributed by atoms with Gasteiger partial charge < -0.3 is 0 Å². The van der Waals surface area contributed by atoms with Gasteiger partial charge in [-0.1, -0.05) is 30.0 Å². The smallest absolute Gasteiger partial charge is 0.274 e. The molecule has 4 aromatic rings. The van der Waals surface area contributed by atoms with Crippen molar-refractivity contribution in [3.63, 3.8) is 0 Å². The number of nitrogens with one attached hydrogen (secondary N) is 1. The van der Waals surface area contributed by atoms with Crippen molar-refractivity contribution < 1.29 is 18.1 Å². The van der Waals surface area contributed by atoms with E-state index < -0.39 is 19.9 Å². The zero-order valence-electron chi connectivity index (χ0n) is 16.2. The lowest BCUT2D eigenvalue weighted by molar-refractivity contribution is -0.384. The summed E-state index contributed by atoms with van der Waals surface area (Å²) < 4.78 is 25.4. The van der Waals surface area contributed by atoms with Crippen molar-refractivity contribution in [1.82, 2.24) is 15.2 Å². The van der Waals surface area contributed by atoms with Crippen LogP contribution in [0.3, 0.4) is 0 Å². The first kappa shape index (κ1) is 21.4. The number of pyridine rings is 1. The summed E-state index contributed by atoms with van der Waals surface area (Å²) in [5.74, 6) is 0. The molecule has 2 aromatic heterocycles. The molecule has 0 saturated carbocycles. The second kappa shape index (κ2) is 8.73. The zero-order chi connectivity index (χ0) is 22.7. The van der Waals surface area contributed by atoms with E-state index in [-0.39, 0.29) is 16.3 Å². The van der Waals surface area contributed by atoms with Gasteiger partial charge in [-0.25, -0.2) is 8.42 Å². The largest absolute Gasteiger partial charge is 0.299 e. The van der Waals surface area contributed by atoms with Gasteiger partial charge in [-0.05, 0) is 36.4 Å². The van der Waals surface area contributed by atoms with E-state index in [9.17, 15) is 23.3 Å². The van der Waals surface area contributed by atoms with Crippen LogP contribution >= 0.6 is 11.8 Å². The third kappa shape index (κ3) is 4.29. The van der Waals surface area contributed by atoms with Crippen molar-refractivity contribution in [3.05, 3.63) is 94.9 Å². The molecule has 0 unspecified atom stereocenters. The highest BCUT2D eigenvalue weighted by atomic mass is 32.2. The van der Waals surface area contributed by atoms with Crippen LogP contribution in [0.1, 0.15) is 10.5 Å². The van der Waals surface area contributed by atoms with Gasteiger partial charge in [-0.2, -0.15) is 5.10 Å². The first-order chi connectivity index (χ1) is 15.4. The summed E-state index contributed by atoms with van der Waals surface area (Å²) in [5.41, 5.74) is 0.487. The highest BCUT2D eigenvalue weighted by Crippen LogP contribution is 2.35. The Hall–Kier alpha value is -3.83. The Morgan fingerprint density at radius 2 is 1.75 bits per heavy atom. The SMILES string of the molecule is O=C(c1cc(-c2cnccc2Sc2ccccc2)n[nH]1)S(=O)(=O)c1ccc([N+](=O)[O-])cc1. The molecule has 0 atom stereocenters. The van der Waals surface area contributed by atoms with E-state index in [1.165, 1.54) is 17.8 Å². The van der Waals surface area contributed by atoms with Crippen molar-refractivity contribution in [2.24, 2.45) is 0 Å². The van der Waals surface area contributed by atoms with Gasteiger partial charge in [0.05, 0.1) is 15.5 Å². The molecule has 0 radical (unpaired) electrons. The Kier molecular flexibility index (Phi) is 5.84. The highest BCUT2D eigenvalue weighted by molar-refractivity contribution is 8.06. The molecule has 0 aliphatic carbocycles. The normalized spacial score (nSPS) is 11.2. The number of H-pyrrole nitrogens is 1. The number of nitrogens with zero attached hydrogens (tertiary/aromatic N) is 3. The molecule has 0 spiro atoms. The third-order valence-electron chi connectivity index (χ3n) is 4.43. The number of carbonyl (C=O) groups excluding carboxylic acids is 1. The maximum absolute atomic E-state index is 12.7. The minimum atomic E-state index is -4.42. The number of nitro benzene ring substituents is 1. The summed E-state index contributed by atoms with van der Waals surface area (Å²) in [6.07, 6.45) is 3.22. The summed E-state index contributed by atoms with van der Waals surface area (Å²) in [6.45, 7) is 0. The first-order valence-corrected chi connectivity index (χ1v) is 11.4. The van der Waals surface area contributed by atoms with Gasteiger partial charge in [0.2, 0.25) is 9.84 Å². The molecular formula is C21H14N4O5S2. The van der Waals surface area contributed by atoms with Gasteiger partial charge in [0.25, 0.3) is 10.8 Å². The fourth-order valence-corrected chi connectivity index (χ4v) is 4.89. The minimum Gasteiger partial charge on any atom is -0.274 e. The van der Waals surface area contributed by atoms with E-state index in [0.29, 0.717) is 11.3 Å². The van der Waals surface area contributed by atoms with Crippen molar-refractivity contribution in [1.29, 1.82) is 0 Å². The van der Waals surface area contributed by atoms with E-state index in [4.69, 9.17) is 0 Å². The topological polar surface area (TPSA) is 136 Å². The molecule has 0 saturated heterocycles. The molecule has 9 nitrogen and oxygen atoms in total. The van der Waals surface area contributed by atoms with Crippen LogP contribution in [0.2, 0.25) is 0 Å². The maximum atomic E-state index is 12.7. The van der Waals surface area contributed by atoms with Crippen LogP contribution in [0.15, 0.2) is 93.8 Å². The average Bonchev–Trinajstić information content (AvgIpc) is 3.29. The third-order valence-corrected chi connectivity index (χ3v) is 7.11. The van der Waals surface area contributed by atoms with E-state index in [0.717, 1.165) is 34.1 Å². The number of hydrogen-bond acceptors (Lipinski definition) is 8. The quantitative estimate of drug-likeness (QED) is 0.331. The Labute approximate surface area is 186 Å².